The molecule has 2 amide bonds. The van der Waals surface area contributed by atoms with Crippen molar-refractivity contribution < 1.29 is 19.5 Å². The van der Waals surface area contributed by atoms with E-state index >= 15 is 0 Å². The minimum absolute atomic E-state index is 0.0495. The van der Waals surface area contributed by atoms with E-state index in [1.165, 1.54) is 10.9 Å². The fraction of sp³-hybridized carbons (Fsp3) is 0.600. The zero-order valence-corrected chi connectivity index (χ0v) is 12.8. The summed E-state index contributed by atoms with van der Waals surface area (Å²) in [5.74, 6) is -1.25. The summed E-state index contributed by atoms with van der Waals surface area (Å²) in [6.45, 7) is 0.207. The fourth-order valence-electron chi connectivity index (χ4n) is 3.36. The number of hydrogen-bond acceptors (Lipinski definition) is 4. The van der Waals surface area contributed by atoms with E-state index in [4.69, 9.17) is 5.11 Å². The van der Waals surface area contributed by atoms with Crippen LogP contribution in [-0.4, -0.2) is 50.2 Å². The van der Waals surface area contributed by atoms with Crippen LogP contribution in [0.4, 0.5) is 5.82 Å². The molecule has 1 aromatic rings. The number of aliphatic carboxylic acids is 1. The molecule has 124 valence electrons. The minimum Gasteiger partial charge on any atom is -0.480 e. The molecule has 2 fully saturated rings. The predicted octanol–water partition coefficient (Wildman–Crippen LogP) is 0.697. The molecule has 0 unspecified atom stereocenters. The van der Waals surface area contributed by atoms with Crippen molar-refractivity contribution in [2.45, 2.75) is 44.7 Å². The van der Waals surface area contributed by atoms with Gasteiger partial charge in [-0.15, -0.1) is 0 Å². The number of carbonyl (C=O) groups is 3. The van der Waals surface area contributed by atoms with Gasteiger partial charge in [0.05, 0.1) is 5.92 Å². The molecule has 0 aromatic carbocycles. The second-order valence-electron chi connectivity index (χ2n) is 6.17. The molecule has 1 atom stereocenters. The molecule has 1 aliphatic carbocycles. The lowest BCUT2D eigenvalue weighted by Gasteiger charge is -2.23. The van der Waals surface area contributed by atoms with Gasteiger partial charge in [0, 0.05) is 31.3 Å². The Hall–Kier alpha value is -2.38. The maximum Gasteiger partial charge on any atom is 0.325 e. The number of nitrogens with one attached hydrogen (secondary N) is 1. The SMILES string of the molecule is O=C(O)Cn1ccc(NC(=O)[C@H]2CC(=O)N(C3CCCC3)C2)n1. The summed E-state index contributed by atoms with van der Waals surface area (Å²) in [4.78, 5) is 36.9. The van der Waals surface area contributed by atoms with Gasteiger partial charge in [0.25, 0.3) is 0 Å². The van der Waals surface area contributed by atoms with Gasteiger partial charge >= 0.3 is 5.97 Å². The summed E-state index contributed by atoms with van der Waals surface area (Å²) in [5, 5.41) is 15.4. The zero-order chi connectivity index (χ0) is 16.4. The first-order valence-corrected chi connectivity index (χ1v) is 7.88. The van der Waals surface area contributed by atoms with Crippen LogP contribution in [0.15, 0.2) is 12.3 Å². The summed E-state index contributed by atoms with van der Waals surface area (Å²) >= 11 is 0. The molecule has 23 heavy (non-hydrogen) atoms. The summed E-state index contributed by atoms with van der Waals surface area (Å²) in [7, 11) is 0. The highest BCUT2D eigenvalue weighted by molar-refractivity contribution is 5.96. The Balaban J connectivity index is 1.57. The maximum atomic E-state index is 12.3. The zero-order valence-electron chi connectivity index (χ0n) is 12.8. The van der Waals surface area contributed by atoms with E-state index in [1.807, 2.05) is 4.90 Å². The Morgan fingerprint density at radius 2 is 2.09 bits per heavy atom. The molecule has 1 saturated carbocycles. The third-order valence-corrected chi connectivity index (χ3v) is 4.48. The highest BCUT2D eigenvalue weighted by atomic mass is 16.4. The van der Waals surface area contributed by atoms with Gasteiger partial charge in [-0.05, 0) is 12.8 Å². The summed E-state index contributed by atoms with van der Waals surface area (Å²) in [6.07, 6.45) is 6.07. The van der Waals surface area contributed by atoms with E-state index < -0.39 is 5.97 Å². The smallest absolute Gasteiger partial charge is 0.325 e. The van der Waals surface area contributed by atoms with Gasteiger partial charge < -0.3 is 15.3 Å². The molecule has 0 spiro atoms. The topological polar surface area (TPSA) is 105 Å². The molecule has 0 bridgehead atoms. The van der Waals surface area contributed by atoms with Gasteiger partial charge in [0.1, 0.15) is 6.54 Å². The van der Waals surface area contributed by atoms with Crippen LogP contribution in [0.2, 0.25) is 0 Å². The number of carbonyl (C=O) groups excluding carboxylic acids is 2. The number of carboxylic acids is 1. The first-order chi connectivity index (χ1) is 11.0. The van der Waals surface area contributed by atoms with Crippen LogP contribution < -0.4 is 5.32 Å². The minimum atomic E-state index is -1.00. The van der Waals surface area contributed by atoms with Crippen molar-refractivity contribution in [1.82, 2.24) is 14.7 Å². The van der Waals surface area contributed by atoms with Crippen LogP contribution in [0, 0.1) is 5.92 Å². The lowest BCUT2D eigenvalue weighted by Crippen LogP contribution is -2.35. The van der Waals surface area contributed by atoms with E-state index in [0.29, 0.717) is 12.4 Å². The highest BCUT2D eigenvalue weighted by Gasteiger charge is 2.38. The van der Waals surface area contributed by atoms with Crippen LogP contribution in [0.5, 0.6) is 0 Å². The lowest BCUT2D eigenvalue weighted by atomic mass is 10.1. The van der Waals surface area contributed by atoms with Crippen LogP contribution in [0.1, 0.15) is 32.1 Å². The van der Waals surface area contributed by atoms with Gasteiger partial charge in [-0.3, -0.25) is 19.1 Å². The molecule has 2 heterocycles. The Labute approximate surface area is 133 Å². The van der Waals surface area contributed by atoms with E-state index in [2.05, 4.69) is 10.4 Å². The number of aromatic nitrogens is 2. The average Bonchev–Trinajstić information content (AvgIpc) is 3.19. The standard InChI is InChI=1S/C15H20N4O4/c20-13-7-10(8-19(13)11-3-1-2-4-11)15(23)16-12-5-6-18(17-12)9-14(21)22/h5-6,10-11H,1-4,7-9H2,(H,21,22)(H,16,17,23)/t10-/m0/s1. The molecule has 1 saturated heterocycles. The van der Waals surface area contributed by atoms with Crippen molar-refractivity contribution in [3.8, 4) is 0 Å². The molecule has 8 nitrogen and oxygen atoms in total. The number of nitrogens with zero attached hydrogens (tertiary/aromatic N) is 3. The van der Waals surface area contributed by atoms with E-state index in [-0.39, 0.29) is 36.7 Å². The Bertz CT molecular complexity index is 621. The summed E-state index contributed by atoms with van der Waals surface area (Å²) in [6, 6.07) is 1.84. The quantitative estimate of drug-likeness (QED) is 0.831. The van der Waals surface area contributed by atoms with Crippen molar-refractivity contribution in [2.75, 3.05) is 11.9 Å². The van der Waals surface area contributed by atoms with E-state index in [9.17, 15) is 14.4 Å². The largest absolute Gasteiger partial charge is 0.480 e. The summed E-state index contributed by atoms with van der Waals surface area (Å²) in [5.41, 5.74) is 0. The van der Waals surface area contributed by atoms with Gasteiger partial charge in [0.15, 0.2) is 5.82 Å². The van der Waals surface area contributed by atoms with E-state index in [0.717, 1.165) is 25.7 Å². The van der Waals surface area contributed by atoms with Crippen LogP contribution in [0.3, 0.4) is 0 Å². The number of amides is 2. The number of anilines is 1. The van der Waals surface area contributed by atoms with Gasteiger partial charge in [0.2, 0.25) is 11.8 Å². The number of likely N-dealkylation sites (tertiary alicyclic amines) is 1. The Kier molecular flexibility index (Phi) is 4.31. The molecule has 1 aromatic heterocycles. The second-order valence-corrected chi connectivity index (χ2v) is 6.17. The Morgan fingerprint density at radius 1 is 1.35 bits per heavy atom. The van der Waals surface area contributed by atoms with Crippen molar-refractivity contribution in [1.29, 1.82) is 0 Å². The van der Waals surface area contributed by atoms with Crippen molar-refractivity contribution in [3.63, 3.8) is 0 Å². The second kappa shape index (κ2) is 6.39. The normalized spacial score (nSPS) is 21.8. The molecule has 2 N–H and O–H groups in total. The van der Waals surface area contributed by atoms with Crippen LogP contribution >= 0.6 is 0 Å². The average molecular weight is 320 g/mol. The van der Waals surface area contributed by atoms with Gasteiger partial charge in [-0.25, -0.2) is 0 Å². The predicted molar refractivity (Wildman–Crippen MR) is 80.6 cm³/mol. The first-order valence-electron chi connectivity index (χ1n) is 7.88. The third kappa shape index (κ3) is 3.52. The van der Waals surface area contributed by atoms with Crippen LogP contribution in [-0.2, 0) is 20.9 Å². The highest BCUT2D eigenvalue weighted by Crippen LogP contribution is 2.29. The van der Waals surface area contributed by atoms with Gasteiger partial charge in [-0.2, -0.15) is 5.10 Å². The first kappa shape index (κ1) is 15.5. The third-order valence-electron chi connectivity index (χ3n) is 4.48. The number of rotatable bonds is 5. The van der Waals surface area contributed by atoms with Gasteiger partial charge in [-0.1, -0.05) is 12.8 Å². The molecule has 1 aliphatic heterocycles. The number of carboxylic acid groups (broad SMARTS) is 1. The van der Waals surface area contributed by atoms with Crippen LogP contribution in [0.25, 0.3) is 0 Å². The Morgan fingerprint density at radius 3 is 2.78 bits per heavy atom. The summed E-state index contributed by atoms with van der Waals surface area (Å²) < 4.78 is 1.24. The van der Waals surface area contributed by atoms with Crippen molar-refractivity contribution >= 4 is 23.6 Å². The molecule has 0 radical (unpaired) electrons. The van der Waals surface area contributed by atoms with Crippen molar-refractivity contribution in [2.24, 2.45) is 5.92 Å². The molecule has 8 heteroatoms. The molecule has 2 aliphatic rings. The fourth-order valence-corrected chi connectivity index (χ4v) is 3.36. The van der Waals surface area contributed by atoms with Crippen molar-refractivity contribution in [3.05, 3.63) is 12.3 Å². The maximum absolute atomic E-state index is 12.3. The van der Waals surface area contributed by atoms with E-state index in [1.54, 1.807) is 6.07 Å². The number of hydrogen-bond donors (Lipinski definition) is 2. The monoisotopic (exact) mass is 320 g/mol. The molecule has 3 rings (SSSR count). The molecular formula is C15H20N4O4. The molecular weight excluding hydrogens is 300 g/mol. The lowest BCUT2D eigenvalue weighted by molar-refractivity contribution is -0.138.